The Morgan fingerprint density at radius 2 is 1.45 bits per heavy atom. The molecule has 0 aliphatic heterocycles. The Bertz CT molecular complexity index is 1500. The number of ether oxygens (including phenoxy) is 1. The number of halogens is 1. The molecule has 0 radical (unpaired) electrons. The van der Waals surface area contributed by atoms with Crippen molar-refractivity contribution in [1.82, 2.24) is 14.6 Å². The van der Waals surface area contributed by atoms with E-state index >= 15 is 0 Å². The third-order valence-corrected chi connectivity index (χ3v) is 10.3. The zero-order valence-corrected chi connectivity index (χ0v) is 33.6. The minimum Gasteiger partial charge on any atom is -0.392 e. The van der Waals surface area contributed by atoms with Gasteiger partial charge in [-0.2, -0.15) is 15.6 Å². The molecular weight excluding hydrogens is 711 g/mol. The number of benzene rings is 1. The van der Waals surface area contributed by atoms with Crippen LogP contribution in [-0.2, 0) is 26.8 Å². The predicted molar refractivity (Wildman–Crippen MR) is 213 cm³/mol. The van der Waals surface area contributed by atoms with Gasteiger partial charge in [0.2, 0.25) is 0 Å². The second-order valence-electron chi connectivity index (χ2n) is 13.6. The molecule has 1 aromatic carbocycles. The zero-order chi connectivity index (χ0) is 38.6. The molecule has 3 aromatic rings. The monoisotopic (exact) mass is 772 g/mol. The molecule has 2 heterocycles. The lowest BCUT2D eigenvalue weighted by atomic mass is 9.99. The minimum absolute atomic E-state index is 0.0816. The summed E-state index contributed by atoms with van der Waals surface area (Å²) in [7, 11) is -0.590. The number of aliphatic hydroxyl groups is 1. The number of nitrogens with zero attached hydrogens (tertiary/aromatic N) is 5. The number of aryl methyl sites for hydroxylation is 1. The number of rotatable bonds is 28. The molecule has 294 valence electrons. The van der Waals surface area contributed by atoms with Gasteiger partial charge in [0.15, 0.2) is 11.4 Å². The van der Waals surface area contributed by atoms with E-state index in [9.17, 15) is 10.2 Å². The van der Waals surface area contributed by atoms with E-state index < -0.39 is 14.2 Å². The fraction of sp³-hybridized carbons (Fsp3) is 0.650. The molecule has 11 nitrogen and oxygen atoms in total. The van der Waals surface area contributed by atoms with Gasteiger partial charge in [-0.1, -0.05) is 128 Å². The van der Waals surface area contributed by atoms with E-state index in [1.54, 1.807) is 22.7 Å². The zero-order valence-electron chi connectivity index (χ0n) is 32.0. The first kappa shape index (κ1) is 46.3. The summed E-state index contributed by atoms with van der Waals surface area (Å²) >= 11 is 5.65. The van der Waals surface area contributed by atoms with Crippen LogP contribution < -0.4 is 5.73 Å². The van der Waals surface area contributed by atoms with Gasteiger partial charge in [0.05, 0.1) is 31.5 Å². The second kappa shape index (κ2) is 28.6. The SMILES string of the molecule is CCCCCCCCCCCCCCCCCCCCOP(O)OCC(C#N)(CCc1ccc2c(N)ncnn12)OC.N#Cc1cc(Cl)cc(CO)c1. The summed E-state index contributed by atoms with van der Waals surface area (Å²) < 4.78 is 18.2. The lowest BCUT2D eigenvalue weighted by Crippen LogP contribution is -2.35. The van der Waals surface area contributed by atoms with Gasteiger partial charge in [-0.3, -0.25) is 0 Å². The van der Waals surface area contributed by atoms with Crippen LogP contribution in [0.1, 0.15) is 146 Å². The number of hydrogen-bond donors (Lipinski definition) is 3. The average Bonchev–Trinajstić information content (AvgIpc) is 3.60. The standard InChI is InChI=1S/C32H56N5O4P.C8H6ClNO/c1-3-4-5-6-7-8-9-10-11-12-13-14-15-16-17-18-19-20-25-40-42(38)41-27-32(26-33,39-2)24-23-29-21-22-30-31(34)35-28-36-37(29)30;9-8-2-6(4-10)1-7(3-8)5-11/h21-22,28,38H,3-20,23-25,27H2,1-2H3,(H2,34,35,36);1-3,11H,5H2. The van der Waals surface area contributed by atoms with Gasteiger partial charge in [-0.15, -0.1) is 0 Å². The van der Waals surface area contributed by atoms with E-state index in [-0.39, 0.29) is 13.2 Å². The second-order valence-corrected chi connectivity index (χ2v) is 15.0. The molecule has 2 atom stereocenters. The van der Waals surface area contributed by atoms with E-state index in [4.69, 9.17) is 41.5 Å². The number of nitrogens with two attached hydrogens (primary N) is 1. The average molecular weight is 773 g/mol. The van der Waals surface area contributed by atoms with Crippen molar-refractivity contribution < 1.29 is 23.8 Å². The molecule has 2 aromatic heterocycles. The van der Waals surface area contributed by atoms with Crippen molar-refractivity contribution in [1.29, 1.82) is 10.5 Å². The van der Waals surface area contributed by atoms with E-state index in [1.165, 1.54) is 116 Å². The first-order valence-electron chi connectivity index (χ1n) is 19.4. The Hall–Kier alpha value is -2.86. The maximum atomic E-state index is 10.2. The number of hydrogen-bond acceptors (Lipinski definition) is 10. The first-order chi connectivity index (χ1) is 25.8. The summed E-state index contributed by atoms with van der Waals surface area (Å²) in [6.45, 7) is 2.56. The van der Waals surface area contributed by atoms with Crippen molar-refractivity contribution in [3.8, 4) is 12.1 Å². The molecule has 0 aliphatic rings. The number of methoxy groups -OCH3 is 1. The Morgan fingerprint density at radius 1 is 0.868 bits per heavy atom. The molecule has 0 spiro atoms. The number of nitrogen functional groups attached to an aromatic ring is 1. The smallest absolute Gasteiger partial charge is 0.329 e. The summed E-state index contributed by atoms with van der Waals surface area (Å²) in [5, 5.41) is 31.7. The number of unbranched alkanes of at least 4 members (excludes halogenated alkanes) is 17. The van der Waals surface area contributed by atoms with Gasteiger partial charge >= 0.3 is 8.60 Å². The number of aliphatic hydroxyl groups excluding tert-OH is 1. The molecule has 0 bridgehead atoms. The van der Waals surface area contributed by atoms with Crippen LogP contribution in [0.25, 0.3) is 5.52 Å². The van der Waals surface area contributed by atoms with Crippen LogP contribution in [0.2, 0.25) is 5.02 Å². The van der Waals surface area contributed by atoms with Crippen LogP contribution in [0.3, 0.4) is 0 Å². The lowest BCUT2D eigenvalue weighted by molar-refractivity contribution is -0.0108. The summed E-state index contributed by atoms with van der Waals surface area (Å²) in [5.74, 6) is 0.399. The molecule has 0 fully saturated rings. The van der Waals surface area contributed by atoms with Crippen LogP contribution in [-0.4, -0.2) is 50.5 Å². The molecule has 0 saturated heterocycles. The van der Waals surface area contributed by atoms with Gasteiger partial charge < -0.3 is 29.5 Å². The lowest BCUT2D eigenvalue weighted by Gasteiger charge is -2.25. The summed E-state index contributed by atoms with van der Waals surface area (Å²) in [6.07, 6.45) is 26.2. The van der Waals surface area contributed by atoms with Crippen LogP contribution in [0.15, 0.2) is 36.7 Å². The first-order valence-corrected chi connectivity index (χ1v) is 20.9. The Morgan fingerprint density at radius 3 is 1.98 bits per heavy atom. The van der Waals surface area contributed by atoms with Gasteiger partial charge in [0.25, 0.3) is 0 Å². The number of aromatic nitrogens is 3. The Labute approximate surface area is 323 Å². The highest BCUT2D eigenvalue weighted by Crippen LogP contribution is 2.35. The third kappa shape index (κ3) is 19.3. The van der Waals surface area contributed by atoms with Crippen molar-refractivity contribution >= 4 is 31.5 Å². The van der Waals surface area contributed by atoms with Gasteiger partial charge in [-0.25, -0.2) is 9.50 Å². The van der Waals surface area contributed by atoms with Crippen molar-refractivity contribution in [2.24, 2.45) is 0 Å². The molecule has 4 N–H and O–H groups in total. The number of fused-ring (bicyclic) bond motifs is 1. The van der Waals surface area contributed by atoms with Crippen LogP contribution in [0.5, 0.6) is 0 Å². The van der Waals surface area contributed by atoms with E-state index in [0.29, 0.717) is 41.4 Å². The molecular formula is C40H62ClN6O5P. The molecule has 0 amide bonds. The quantitative estimate of drug-likeness (QED) is 0.0476. The molecule has 13 heteroatoms. The Kier molecular flexibility index (Phi) is 25.0. The molecule has 2 unspecified atom stereocenters. The highest BCUT2D eigenvalue weighted by molar-refractivity contribution is 7.40. The molecule has 3 rings (SSSR count). The maximum absolute atomic E-state index is 10.2. The van der Waals surface area contributed by atoms with Gasteiger partial charge in [-0.05, 0) is 55.2 Å². The molecule has 53 heavy (non-hydrogen) atoms. The van der Waals surface area contributed by atoms with E-state index in [0.717, 1.165) is 24.1 Å². The van der Waals surface area contributed by atoms with Crippen molar-refractivity contribution in [2.45, 2.75) is 148 Å². The van der Waals surface area contributed by atoms with Crippen LogP contribution >= 0.6 is 20.2 Å². The summed E-state index contributed by atoms with van der Waals surface area (Å²) in [6, 6.07) is 12.7. The third-order valence-electron chi connectivity index (χ3n) is 9.32. The highest BCUT2D eigenvalue weighted by Gasteiger charge is 2.32. The summed E-state index contributed by atoms with van der Waals surface area (Å²) in [5.41, 5.74) is 7.43. The minimum atomic E-state index is -2.06. The van der Waals surface area contributed by atoms with Crippen molar-refractivity contribution in [3.63, 3.8) is 0 Å². The summed E-state index contributed by atoms with van der Waals surface area (Å²) in [4.78, 5) is 14.2. The van der Waals surface area contributed by atoms with Crippen molar-refractivity contribution in [3.05, 3.63) is 58.5 Å². The normalized spacial score (nSPS) is 12.8. The van der Waals surface area contributed by atoms with E-state index in [2.05, 4.69) is 23.1 Å². The Balaban J connectivity index is 0.000000751. The largest absolute Gasteiger partial charge is 0.392 e. The number of nitriles is 2. The maximum Gasteiger partial charge on any atom is 0.329 e. The van der Waals surface area contributed by atoms with Crippen molar-refractivity contribution in [2.75, 3.05) is 26.1 Å². The molecule has 0 saturated carbocycles. The van der Waals surface area contributed by atoms with Gasteiger partial charge in [0, 0.05) is 17.8 Å². The fourth-order valence-electron chi connectivity index (χ4n) is 6.04. The van der Waals surface area contributed by atoms with E-state index in [1.807, 2.05) is 18.2 Å². The van der Waals surface area contributed by atoms with Crippen LogP contribution in [0.4, 0.5) is 5.82 Å². The predicted octanol–water partition coefficient (Wildman–Crippen LogP) is 10.2. The van der Waals surface area contributed by atoms with Crippen LogP contribution in [0, 0.1) is 22.7 Å². The highest BCUT2D eigenvalue weighted by atomic mass is 35.5. The molecule has 0 aliphatic carbocycles. The topological polar surface area (TPSA) is 172 Å². The number of anilines is 1. The fourth-order valence-corrected chi connectivity index (χ4v) is 6.98. The van der Waals surface area contributed by atoms with Gasteiger partial charge in [0.1, 0.15) is 17.9 Å².